The second-order valence-corrected chi connectivity index (χ2v) is 8.49. The van der Waals surface area contributed by atoms with Gasteiger partial charge < -0.3 is 5.73 Å². The lowest BCUT2D eigenvalue weighted by molar-refractivity contribution is 0.100. The third kappa shape index (κ3) is 3.11. The minimum Gasteiger partial charge on any atom is -0.365 e. The first-order valence-corrected chi connectivity index (χ1v) is 9.72. The van der Waals surface area contributed by atoms with E-state index < -0.39 is 15.9 Å². The van der Waals surface area contributed by atoms with E-state index in [0.717, 1.165) is 41.7 Å². The van der Waals surface area contributed by atoms with Crippen molar-refractivity contribution < 1.29 is 13.2 Å². The Labute approximate surface area is 139 Å². The van der Waals surface area contributed by atoms with Gasteiger partial charge in [-0.1, -0.05) is 17.7 Å². The molecule has 1 amide bonds. The van der Waals surface area contributed by atoms with Crippen LogP contribution in [-0.2, 0) is 22.9 Å². The maximum absolute atomic E-state index is 12.5. The minimum atomic E-state index is -3.73. The van der Waals surface area contributed by atoms with E-state index in [2.05, 4.69) is 4.72 Å². The van der Waals surface area contributed by atoms with Gasteiger partial charge in [0, 0.05) is 4.88 Å². The number of hydrogen-bond acceptors (Lipinski definition) is 4. The Hall–Kier alpha value is -1.86. The standard InChI is InChI=1S/C16H18N2O3S2/c1-10-6-8-11(9-7-10)23(20,21)18-16-14(15(17)19)12-4-2-3-5-13(12)22-16/h6-9,18H,2-5H2,1H3,(H2,17,19). The Bertz CT molecular complexity index is 852. The summed E-state index contributed by atoms with van der Waals surface area (Å²) in [6, 6.07) is 6.58. The summed E-state index contributed by atoms with van der Waals surface area (Å²) >= 11 is 1.32. The lowest BCUT2D eigenvalue weighted by atomic mass is 9.95. The summed E-state index contributed by atoms with van der Waals surface area (Å²) in [5.41, 5.74) is 7.72. The van der Waals surface area contributed by atoms with Crippen molar-refractivity contribution in [2.75, 3.05) is 4.72 Å². The van der Waals surface area contributed by atoms with Crippen LogP contribution in [0.5, 0.6) is 0 Å². The number of amides is 1. The van der Waals surface area contributed by atoms with Gasteiger partial charge in [0.2, 0.25) is 0 Å². The fourth-order valence-electron chi connectivity index (χ4n) is 2.80. The van der Waals surface area contributed by atoms with Gasteiger partial charge in [-0.15, -0.1) is 11.3 Å². The van der Waals surface area contributed by atoms with Gasteiger partial charge in [0.15, 0.2) is 0 Å². The first-order chi connectivity index (χ1) is 10.9. The molecule has 2 aromatic rings. The monoisotopic (exact) mass is 350 g/mol. The smallest absolute Gasteiger partial charge is 0.262 e. The van der Waals surface area contributed by atoms with Crippen molar-refractivity contribution in [1.29, 1.82) is 0 Å². The summed E-state index contributed by atoms with van der Waals surface area (Å²) in [6.45, 7) is 1.89. The fourth-order valence-corrected chi connectivity index (χ4v) is 5.40. The molecule has 1 aliphatic rings. The molecule has 5 nitrogen and oxygen atoms in total. The Balaban J connectivity index is 2.01. The van der Waals surface area contributed by atoms with Gasteiger partial charge in [-0.25, -0.2) is 8.42 Å². The van der Waals surface area contributed by atoms with Crippen LogP contribution >= 0.6 is 11.3 Å². The van der Waals surface area contributed by atoms with Gasteiger partial charge in [-0.2, -0.15) is 0 Å². The van der Waals surface area contributed by atoms with Gasteiger partial charge in [0.1, 0.15) is 5.00 Å². The Kier molecular flexibility index (Phi) is 4.16. The highest BCUT2D eigenvalue weighted by Crippen LogP contribution is 2.38. The highest BCUT2D eigenvalue weighted by atomic mass is 32.2. The van der Waals surface area contributed by atoms with Crippen LogP contribution in [0.1, 0.15) is 39.2 Å². The van der Waals surface area contributed by atoms with E-state index in [4.69, 9.17) is 5.73 Å². The van der Waals surface area contributed by atoms with Crippen LogP contribution in [0.3, 0.4) is 0 Å². The first kappa shape index (κ1) is 16.0. The van der Waals surface area contributed by atoms with Crippen LogP contribution in [0.2, 0.25) is 0 Å². The number of sulfonamides is 1. The summed E-state index contributed by atoms with van der Waals surface area (Å²) in [5, 5.41) is 0.338. The second kappa shape index (κ2) is 5.98. The number of hydrogen-bond donors (Lipinski definition) is 2. The molecule has 0 saturated heterocycles. The number of carbonyl (C=O) groups excluding carboxylic acids is 1. The lowest BCUT2D eigenvalue weighted by Gasteiger charge is -2.11. The van der Waals surface area contributed by atoms with Crippen molar-refractivity contribution in [1.82, 2.24) is 0 Å². The SMILES string of the molecule is Cc1ccc(S(=O)(=O)Nc2sc3c(c2C(N)=O)CCCC3)cc1. The molecule has 3 N–H and O–H groups in total. The molecule has 0 bridgehead atoms. The zero-order valence-corrected chi connectivity index (χ0v) is 14.4. The molecule has 1 aromatic heterocycles. The molecule has 1 heterocycles. The van der Waals surface area contributed by atoms with Crippen LogP contribution in [0.4, 0.5) is 5.00 Å². The van der Waals surface area contributed by atoms with Crippen LogP contribution in [0.15, 0.2) is 29.2 Å². The fraction of sp³-hybridized carbons (Fsp3) is 0.312. The van der Waals surface area contributed by atoms with Gasteiger partial charge in [-0.05, 0) is 50.3 Å². The Morgan fingerprint density at radius 2 is 1.83 bits per heavy atom. The highest BCUT2D eigenvalue weighted by molar-refractivity contribution is 7.93. The molecule has 0 unspecified atom stereocenters. The number of primary amides is 1. The van der Waals surface area contributed by atoms with E-state index in [-0.39, 0.29) is 4.90 Å². The van der Waals surface area contributed by atoms with Crippen LogP contribution in [-0.4, -0.2) is 14.3 Å². The number of fused-ring (bicyclic) bond motifs is 1. The van der Waals surface area contributed by atoms with Gasteiger partial charge in [0.25, 0.3) is 15.9 Å². The van der Waals surface area contributed by atoms with E-state index in [0.29, 0.717) is 10.6 Å². The number of thiophene rings is 1. The summed E-state index contributed by atoms with van der Waals surface area (Å²) in [6.07, 6.45) is 3.69. The predicted molar refractivity (Wildman–Crippen MR) is 91.5 cm³/mol. The molecule has 1 aromatic carbocycles. The van der Waals surface area contributed by atoms with Crippen LogP contribution < -0.4 is 10.5 Å². The van der Waals surface area contributed by atoms with Crippen molar-refractivity contribution in [2.24, 2.45) is 5.73 Å². The summed E-state index contributed by atoms with van der Waals surface area (Å²) in [4.78, 5) is 13.0. The molecular formula is C16H18N2O3S2. The van der Waals surface area contributed by atoms with Crippen LogP contribution in [0, 0.1) is 6.92 Å². The number of nitrogens with one attached hydrogen (secondary N) is 1. The number of aryl methyl sites for hydroxylation is 2. The number of nitrogens with two attached hydrogens (primary N) is 1. The average molecular weight is 350 g/mol. The van der Waals surface area contributed by atoms with E-state index in [9.17, 15) is 13.2 Å². The zero-order valence-electron chi connectivity index (χ0n) is 12.8. The van der Waals surface area contributed by atoms with Crippen molar-refractivity contribution in [2.45, 2.75) is 37.5 Å². The van der Waals surface area contributed by atoms with Gasteiger partial charge in [-0.3, -0.25) is 9.52 Å². The van der Waals surface area contributed by atoms with Gasteiger partial charge >= 0.3 is 0 Å². The zero-order chi connectivity index (χ0) is 16.6. The molecule has 0 fully saturated rings. The van der Waals surface area contributed by atoms with Crippen molar-refractivity contribution in [3.8, 4) is 0 Å². The maximum atomic E-state index is 12.5. The normalized spacial score (nSPS) is 14.3. The first-order valence-electron chi connectivity index (χ1n) is 7.42. The molecule has 23 heavy (non-hydrogen) atoms. The third-order valence-electron chi connectivity index (χ3n) is 3.98. The van der Waals surface area contributed by atoms with Crippen molar-refractivity contribution in [3.63, 3.8) is 0 Å². The Morgan fingerprint density at radius 3 is 2.48 bits per heavy atom. The van der Waals surface area contributed by atoms with E-state index in [1.165, 1.54) is 11.3 Å². The molecule has 7 heteroatoms. The molecule has 122 valence electrons. The molecular weight excluding hydrogens is 332 g/mol. The summed E-state index contributed by atoms with van der Waals surface area (Å²) in [7, 11) is -3.73. The number of benzene rings is 1. The highest BCUT2D eigenvalue weighted by Gasteiger charge is 2.26. The predicted octanol–water partition coefficient (Wildman–Crippen LogP) is 2.84. The van der Waals surface area contributed by atoms with E-state index in [1.807, 2.05) is 6.92 Å². The number of anilines is 1. The van der Waals surface area contributed by atoms with Crippen molar-refractivity contribution in [3.05, 3.63) is 45.8 Å². The van der Waals surface area contributed by atoms with Crippen molar-refractivity contribution >= 4 is 32.3 Å². The van der Waals surface area contributed by atoms with E-state index >= 15 is 0 Å². The third-order valence-corrected chi connectivity index (χ3v) is 6.68. The molecule has 0 spiro atoms. The average Bonchev–Trinajstić information content (AvgIpc) is 2.84. The quantitative estimate of drug-likeness (QED) is 0.888. The molecule has 0 aliphatic heterocycles. The molecule has 3 rings (SSSR count). The molecule has 1 aliphatic carbocycles. The lowest BCUT2D eigenvalue weighted by Crippen LogP contribution is -2.18. The second-order valence-electron chi connectivity index (χ2n) is 5.70. The largest absolute Gasteiger partial charge is 0.365 e. The number of rotatable bonds is 4. The minimum absolute atomic E-state index is 0.171. The van der Waals surface area contributed by atoms with Gasteiger partial charge in [0.05, 0.1) is 10.5 Å². The molecule has 0 saturated carbocycles. The molecule has 0 atom stereocenters. The van der Waals surface area contributed by atoms with Crippen LogP contribution in [0.25, 0.3) is 0 Å². The number of carbonyl (C=O) groups is 1. The summed E-state index contributed by atoms with van der Waals surface area (Å²) < 4.78 is 27.6. The van der Waals surface area contributed by atoms with E-state index in [1.54, 1.807) is 24.3 Å². The maximum Gasteiger partial charge on any atom is 0.262 e. The molecule has 0 radical (unpaired) electrons. The Morgan fingerprint density at radius 1 is 1.17 bits per heavy atom. The topological polar surface area (TPSA) is 89.3 Å². The summed E-state index contributed by atoms with van der Waals surface area (Å²) in [5.74, 6) is -0.578.